The fourth-order valence-corrected chi connectivity index (χ4v) is 2.68. The molecule has 2 heterocycles. The molecule has 0 saturated carbocycles. The summed E-state index contributed by atoms with van der Waals surface area (Å²) in [5.41, 5.74) is 3.81. The predicted octanol–water partition coefficient (Wildman–Crippen LogP) is 3.73. The Labute approximate surface area is 113 Å². The summed E-state index contributed by atoms with van der Waals surface area (Å²) in [6.45, 7) is 5.34. The zero-order valence-electron chi connectivity index (χ0n) is 11.0. The van der Waals surface area contributed by atoms with Crippen LogP contribution in [0.25, 0.3) is 0 Å². The Hall–Kier alpha value is -1.19. The highest BCUT2D eigenvalue weighted by Crippen LogP contribution is 2.19. The van der Waals surface area contributed by atoms with Gasteiger partial charge < -0.3 is 5.32 Å². The molecule has 0 spiro atoms. The van der Waals surface area contributed by atoms with Crippen LogP contribution >= 0.6 is 11.3 Å². The minimum absolute atomic E-state index is 0.319. The monoisotopic (exact) mass is 260 g/mol. The van der Waals surface area contributed by atoms with Gasteiger partial charge in [0.1, 0.15) is 0 Å². The van der Waals surface area contributed by atoms with Crippen molar-refractivity contribution in [1.82, 2.24) is 10.3 Å². The van der Waals surface area contributed by atoms with Crippen LogP contribution in [0.3, 0.4) is 0 Å². The molecule has 0 aliphatic heterocycles. The molecule has 18 heavy (non-hydrogen) atoms. The van der Waals surface area contributed by atoms with Crippen molar-refractivity contribution in [3.05, 3.63) is 52.0 Å². The summed E-state index contributed by atoms with van der Waals surface area (Å²) in [7, 11) is 0. The molecular weight excluding hydrogens is 240 g/mol. The van der Waals surface area contributed by atoms with Gasteiger partial charge in [-0.15, -0.1) is 0 Å². The van der Waals surface area contributed by atoms with Gasteiger partial charge in [0.25, 0.3) is 0 Å². The smallest absolute Gasteiger partial charge is 0.0579 e. The van der Waals surface area contributed by atoms with E-state index in [1.54, 1.807) is 11.3 Å². The molecule has 0 bridgehead atoms. The minimum atomic E-state index is 0.319. The Bertz CT molecular complexity index is 465. The number of hydrogen-bond acceptors (Lipinski definition) is 3. The van der Waals surface area contributed by atoms with Crippen LogP contribution in [0, 0.1) is 6.92 Å². The molecule has 0 aliphatic rings. The Morgan fingerprint density at radius 3 is 2.94 bits per heavy atom. The largest absolute Gasteiger partial charge is 0.308 e. The highest BCUT2D eigenvalue weighted by atomic mass is 32.1. The van der Waals surface area contributed by atoms with Gasteiger partial charge in [-0.05, 0) is 66.4 Å². The number of thiophene rings is 1. The molecule has 1 N–H and O–H groups in total. The lowest BCUT2D eigenvalue weighted by atomic mass is 10.0. The molecule has 0 amide bonds. The number of aromatic nitrogens is 1. The van der Waals surface area contributed by atoms with Gasteiger partial charge in [-0.1, -0.05) is 6.92 Å². The second-order valence-electron chi connectivity index (χ2n) is 4.60. The van der Waals surface area contributed by atoms with Crippen molar-refractivity contribution in [3.8, 4) is 0 Å². The van der Waals surface area contributed by atoms with Crippen LogP contribution < -0.4 is 5.32 Å². The summed E-state index contributed by atoms with van der Waals surface area (Å²) < 4.78 is 0. The van der Waals surface area contributed by atoms with Crippen molar-refractivity contribution >= 4 is 11.3 Å². The first kappa shape index (κ1) is 13.2. The second kappa shape index (κ2) is 6.66. The fourth-order valence-electron chi connectivity index (χ4n) is 1.99. The SMILES string of the molecule is CCCNC(Cc1ccsc1)c1cc(C)ccn1. The number of hydrogen-bond donors (Lipinski definition) is 1. The van der Waals surface area contributed by atoms with Crippen molar-refractivity contribution < 1.29 is 0 Å². The summed E-state index contributed by atoms with van der Waals surface area (Å²) >= 11 is 1.76. The maximum Gasteiger partial charge on any atom is 0.0579 e. The standard InChI is InChI=1S/C15H20N2S/c1-3-6-16-15(10-13-5-8-18-11-13)14-9-12(2)4-7-17-14/h4-5,7-9,11,15-16H,3,6,10H2,1-2H3. The minimum Gasteiger partial charge on any atom is -0.308 e. The van der Waals surface area contributed by atoms with Gasteiger partial charge in [0.2, 0.25) is 0 Å². The van der Waals surface area contributed by atoms with E-state index in [4.69, 9.17) is 0 Å². The van der Waals surface area contributed by atoms with Crippen LogP contribution in [-0.2, 0) is 6.42 Å². The Kier molecular flexibility index (Phi) is 4.90. The van der Waals surface area contributed by atoms with Gasteiger partial charge in [0.05, 0.1) is 11.7 Å². The fraction of sp³-hybridized carbons (Fsp3) is 0.400. The molecule has 96 valence electrons. The maximum atomic E-state index is 4.51. The summed E-state index contributed by atoms with van der Waals surface area (Å²) in [5, 5.41) is 7.95. The van der Waals surface area contributed by atoms with E-state index in [0.29, 0.717) is 6.04 Å². The number of nitrogens with zero attached hydrogens (tertiary/aromatic N) is 1. The summed E-state index contributed by atoms with van der Waals surface area (Å²) in [4.78, 5) is 4.51. The zero-order valence-corrected chi connectivity index (χ0v) is 11.8. The summed E-state index contributed by atoms with van der Waals surface area (Å²) in [6, 6.07) is 6.74. The lowest BCUT2D eigenvalue weighted by molar-refractivity contribution is 0.518. The molecule has 0 radical (unpaired) electrons. The molecule has 2 aromatic rings. The third kappa shape index (κ3) is 3.65. The lowest BCUT2D eigenvalue weighted by Gasteiger charge is -2.18. The molecule has 1 atom stereocenters. The van der Waals surface area contributed by atoms with E-state index in [-0.39, 0.29) is 0 Å². The van der Waals surface area contributed by atoms with Crippen molar-refractivity contribution in [1.29, 1.82) is 0 Å². The Morgan fingerprint density at radius 1 is 1.39 bits per heavy atom. The van der Waals surface area contributed by atoms with Crippen molar-refractivity contribution in [2.24, 2.45) is 0 Å². The molecule has 1 unspecified atom stereocenters. The van der Waals surface area contributed by atoms with E-state index in [1.165, 1.54) is 11.1 Å². The molecular formula is C15H20N2S. The second-order valence-corrected chi connectivity index (χ2v) is 5.38. The van der Waals surface area contributed by atoms with Gasteiger partial charge in [-0.2, -0.15) is 11.3 Å². The zero-order chi connectivity index (χ0) is 12.8. The molecule has 2 nitrogen and oxygen atoms in total. The van der Waals surface area contributed by atoms with Crippen molar-refractivity contribution in [3.63, 3.8) is 0 Å². The van der Waals surface area contributed by atoms with Crippen molar-refractivity contribution in [2.75, 3.05) is 6.54 Å². The van der Waals surface area contributed by atoms with Crippen LogP contribution in [0.1, 0.15) is 36.2 Å². The van der Waals surface area contributed by atoms with Gasteiger partial charge in [0, 0.05) is 6.20 Å². The predicted molar refractivity (Wildman–Crippen MR) is 78.0 cm³/mol. The van der Waals surface area contributed by atoms with Gasteiger partial charge >= 0.3 is 0 Å². The first-order valence-corrected chi connectivity index (χ1v) is 7.41. The van der Waals surface area contributed by atoms with Gasteiger partial charge in [-0.3, -0.25) is 4.98 Å². The highest BCUT2D eigenvalue weighted by Gasteiger charge is 2.13. The van der Waals surface area contributed by atoms with Crippen LogP contribution in [0.4, 0.5) is 0 Å². The van der Waals surface area contributed by atoms with E-state index in [2.05, 4.69) is 47.0 Å². The number of nitrogens with one attached hydrogen (secondary N) is 1. The first-order chi connectivity index (χ1) is 8.79. The topological polar surface area (TPSA) is 24.9 Å². The molecule has 0 aliphatic carbocycles. The maximum absolute atomic E-state index is 4.51. The average molecular weight is 260 g/mol. The normalized spacial score (nSPS) is 12.6. The summed E-state index contributed by atoms with van der Waals surface area (Å²) in [6.07, 6.45) is 4.06. The van der Waals surface area contributed by atoms with Crippen LogP contribution in [-0.4, -0.2) is 11.5 Å². The van der Waals surface area contributed by atoms with Crippen LogP contribution in [0.15, 0.2) is 35.2 Å². The molecule has 0 aromatic carbocycles. The molecule has 2 rings (SSSR count). The van der Waals surface area contributed by atoms with Crippen LogP contribution in [0.2, 0.25) is 0 Å². The van der Waals surface area contributed by atoms with Crippen LogP contribution in [0.5, 0.6) is 0 Å². The lowest BCUT2D eigenvalue weighted by Crippen LogP contribution is -2.24. The highest BCUT2D eigenvalue weighted by molar-refractivity contribution is 7.07. The average Bonchev–Trinajstić information content (AvgIpc) is 2.87. The van der Waals surface area contributed by atoms with Gasteiger partial charge in [-0.25, -0.2) is 0 Å². The number of pyridine rings is 1. The van der Waals surface area contributed by atoms with E-state index in [1.807, 2.05) is 12.3 Å². The molecule has 2 aromatic heterocycles. The van der Waals surface area contributed by atoms with E-state index < -0.39 is 0 Å². The Balaban J connectivity index is 2.13. The quantitative estimate of drug-likeness (QED) is 0.856. The number of rotatable bonds is 6. The van der Waals surface area contributed by atoms with Crippen molar-refractivity contribution in [2.45, 2.75) is 32.7 Å². The Morgan fingerprint density at radius 2 is 2.28 bits per heavy atom. The molecule has 3 heteroatoms. The van der Waals surface area contributed by atoms with E-state index in [0.717, 1.165) is 25.1 Å². The first-order valence-electron chi connectivity index (χ1n) is 6.46. The third-order valence-corrected chi connectivity index (χ3v) is 3.69. The van der Waals surface area contributed by atoms with E-state index in [9.17, 15) is 0 Å². The third-order valence-electron chi connectivity index (χ3n) is 2.95. The van der Waals surface area contributed by atoms with Gasteiger partial charge in [0.15, 0.2) is 0 Å². The molecule has 0 fully saturated rings. The van der Waals surface area contributed by atoms with E-state index >= 15 is 0 Å². The number of aryl methyl sites for hydroxylation is 1. The molecule has 0 saturated heterocycles. The summed E-state index contributed by atoms with van der Waals surface area (Å²) in [5.74, 6) is 0.